The lowest BCUT2D eigenvalue weighted by molar-refractivity contribution is -0.136. The van der Waals surface area contributed by atoms with E-state index in [4.69, 9.17) is 4.43 Å². The number of aromatic amines is 1. The number of hydrogen-bond acceptors (Lipinski definition) is 5. The molecule has 0 saturated heterocycles. The van der Waals surface area contributed by atoms with Crippen LogP contribution in [-0.2, 0) is 24.2 Å². The van der Waals surface area contributed by atoms with Gasteiger partial charge in [0.25, 0.3) is 0 Å². The van der Waals surface area contributed by atoms with Gasteiger partial charge in [0, 0.05) is 30.8 Å². The van der Waals surface area contributed by atoms with Crippen molar-refractivity contribution >= 4 is 19.4 Å². The van der Waals surface area contributed by atoms with E-state index in [1.807, 2.05) is 12.1 Å². The molecule has 12 heteroatoms. The van der Waals surface area contributed by atoms with Crippen LogP contribution in [0.4, 0.5) is 17.6 Å². The fourth-order valence-corrected chi connectivity index (χ4v) is 7.45. The van der Waals surface area contributed by atoms with Crippen molar-refractivity contribution in [2.24, 2.45) is 7.05 Å². The molecular weight excluding hydrogens is 625 g/mol. The third-order valence-electron chi connectivity index (χ3n) is 9.61. The quantitative estimate of drug-likeness (QED) is 0.128. The van der Waals surface area contributed by atoms with Gasteiger partial charge in [0.2, 0.25) is 0 Å². The fraction of sp³-hybridized carbons (Fsp3) is 0.400. The monoisotopic (exact) mass is 664 g/mol. The van der Waals surface area contributed by atoms with Gasteiger partial charge in [0.1, 0.15) is 18.0 Å². The highest BCUT2D eigenvalue weighted by Gasteiger charge is 2.42. The number of alkyl halides is 3. The summed E-state index contributed by atoms with van der Waals surface area (Å²) in [6.45, 7) is 11.4. The smallest absolute Gasteiger partial charge is 0.412 e. The Kier molecular flexibility index (Phi) is 8.64. The van der Waals surface area contributed by atoms with Crippen LogP contribution in [0.3, 0.4) is 0 Å². The van der Waals surface area contributed by atoms with E-state index in [0.29, 0.717) is 33.9 Å². The second kappa shape index (κ2) is 12.3. The molecule has 248 valence electrons. The molecule has 0 spiro atoms. The Hall–Kier alpha value is -3.87. The number of imidazole rings is 1. The lowest BCUT2D eigenvalue weighted by Crippen LogP contribution is -2.48. The Morgan fingerprint density at radius 1 is 1.00 bits per heavy atom. The van der Waals surface area contributed by atoms with Gasteiger partial charge in [-0.3, -0.25) is 0 Å². The van der Waals surface area contributed by atoms with Gasteiger partial charge < -0.3 is 19.3 Å². The summed E-state index contributed by atoms with van der Waals surface area (Å²) in [6, 6.07) is 14.7. The van der Waals surface area contributed by atoms with E-state index in [1.54, 1.807) is 35.9 Å². The van der Waals surface area contributed by atoms with E-state index >= 15 is 0 Å². The highest BCUT2D eigenvalue weighted by atomic mass is 28.4. The largest absolute Gasteiger partial charge is 0.418 e. The number of nitrogens with zero attached hydrogens (tertiary/aromatic N) is 4. The number of rotatable bonds is 8. The highest BCUT2D eigenvalue weighted by Crippen LogP contribution is 2.40. The summed E-state index contributed by atoms with van der Waals surface area (Å²) in [6.07, 6.45) is -0.128. The number of aromatic nitrogens is 5. The third-order valence-corrected chi connectivity index (χ3v) is 14.1. The van der Waals surface area contributed by atoms with Crippen LogP contribution in [0.5, 0.6) is 0 Å². The predicted molar refractivity (Wildman–Crippen MR) is 178 cm³/mol. The molecule has 2 N–H and O–H groups in total. The number of H-pyrrole nitrogens is 1. The molecule has 0 amide bonds. The summed E-state index contributed by atoms with van der Waals surface area (Å²) in [5, 5.41) is 11.6. The molecule has 2 aromatic heterocycles. The molecule has 6 rings (SSSR count). The van der Waals surface area contributed by atoms with Crippen molar-refractivity contribution < 1.29 is 22.0 Å². The zero-order chi connectivity index (χ0) is 33.7. The van der Waals surface area contributed by atoms with Crippen LogP contribution in [0.25, 0.3) is 44.9 Å². The zero-order valence-corrected chi connectivity index (χ0v) is 28.5. The van der Waals surface area contributed by atoms with Gasteiger partial charge in [-0.25, -0.2) is 9.37 Å². The van der Waals surface area contributed by atoms with Crippen LogP contribution < -0.4 is 5.32 Å². The Balaban J connectivity index is 1.31. The number of halogens is 4. The normalized spacial score (nSPS) is 17.6. The summed E-state index contributed by atoms with van der Waals surface area (Å²) in [5.41, 5.74) is 2.49. The molecule has 1 fully saturated rings. The molecular formula is C35H40F4N6OSi. The van der Waals surface area contributed by atoms with Gasteiger partial charge in [-0.2, -0.15) is 13.2 Å². The molecule has 0 aliphatic heterocycles. The summed E-state index contributed by atoms with van der Waals surface area (Å²) < 4.78 is 65.9. The Morgan fingerprint density at radius 3 is 2.47 bits per heavy atom. The van der Waals surface area contributed by atoms with Gasteiger partial charge in [0.05, 0.1) is 22.7 Å². The highest BCUT2D eigenvalue weighted by molar-refractivity contribution is 6.74. The lowest BCUT2D eigenvalue weighted by Gasteiger charge is -2.40. The van der Waals surface area contributed by atoms with E-state index in [9.17, 15) is 17.6 Å². The van der Waals surface area contributed by atoms with E-state index in [1.165, 1.54) is 24.5 Å². The zero-order valence-electron chi connectivity index (χ0n) is 27.5. The average Bonchev–Trinajstić information content (AvgIpc) is 3.74. The number of benzene rings is 3. The maximum atomic E-state index is 14.4. The second-order valence-corrected chi connectivity index (χ2v) is 18.7. The number of fused-ring (bicyclic) bond motifs is 1. The van der Waals surface area contributed by atoms with Gasteiger partial charge in [-0.05, 0) is 84.4 Å². The third kappa shape index (κ3) is 6.77. The minimum Gasteiger partial charge on any atom is -0.412 e. The van der Waals surface area contributed by atoms with Crippen LogP contribution in [0.2, 0.25) is 18.1 Å². The predicted octanol–water partition coefficient (Wildman–Crippen LogP) is 8.88. The van der Waals surface area contributed by atoms with Gasteiger partial charge in [-0.1, -0.05) is 45.0 Å². The molecule has 2 heterocycles. The first-order chi connectivity index (χ1) is 22.1. The minimum atomic E-state index is -4.58. The van der Waals surface area contributed by atoms with Crippen LogP contribution in [0, 0.1) is 5.82 Å². The van der Waals surface area contributed by atoms with Crippen molar-refractivity contribution in [1.82, 2.24) is 30.0 Å². The maximum Gasteiger partial charge on any atom is 0.418 e. The maximum absolute atomic E-state index is 14.4. The second-order valence-electron chi connectivity index (χ2n) is 14.0. The van der Waals surface area contributed by atoms with Crippen LogP contribution in [-0.4, -0.2) is 45.2 Å². The molecule has 2 atom stereocenters. The minimum absolute atomic E-state index is 0.0428. The Labute approximate surface area is 272 Å². The van der Waals surface area contributed by atoms with Crippen LogP contribution in [0.1, 0.15) is 51.2 Å². The molecule has 1 saturated carbocycles. The van der Waals surface area contributed by atoms with Crippen molar-refractivity contribution in [2.75, 3.05) is 0 Å². The molecule has 1 aliphatic rings. The van der Waals surface area contributed by atoms with E-state index in [2.05, 4.69) is 59.3 Å². The molecule has 1 unspecified atom stereocenters. The van der Waals surface area contributed by atoms with Crippen molar-refractivity contribution in [3.05, 3.63) is 77.9 Å². The van der Waals surface area contributed by atoms with E-state index < -0.39 is 25.9 Å². The molecule has 0 bridgehead atoms. The van der Waals surface area contributed by atoms with E-state index in [-0.39, 0.29) is 34.8 Å². The number of hydrogen-bond donors (Lipinski definition) is 2. The molecule has 3 aromatic carbocycles. The Morgan fingerprint density at radius 2 is 1.77 bits per heavy atom. The summed E-state index contributed by atoms with van der Waals surface area (Å²) in [5.74, 6) is 0.371. The fourth-order valence-electron chi connectivity index (χ4n) is 6.05. The van der Waals surface area contributed by atoms with Gasteiger partial charge >= 0.3 is 6.18 Å². The molecule has 0 radical (unpaired) electrons. The molecule has 7 nitrogen and oxygen atoms in total. The summed E-state index contributed by atoms with van der Waals surface area (Å²) >= 11 is 0. The molecule has 5 aromatic rings. The van der Waals surface area contributed by atoms with E-state index in [0.717, 1.165) is 24.8 Å². The first-order valence-electron chi connectivity index (χ1n) is 15.9. The van der Waals surface area contributed by atoms with Crippen molar-refractivity contribution in [3.8, 4) is 33.9 Å². The first kappa shape index (κ1) is 33.0. The van der Waals surface area contributed by atoms with Gasteiger partial charge in [-0.15, -0.1) is 10.2 Å². The Bertz CT molecular complexity index is 1910. The van der Waals surface area contributed by atoms with Crippen molar-refractivity contribution in [1.29, 1.82) is 0 Å². The topological polar surface area (TPSA) is 80.7 Å². The van der Waals surface area contributed by atoms with Crippen LogP contribution >= 0.6 is 0 Å². The summed E-state index contributed by atoms with van der Waals surface area (Å²) in [4.78, 5) is 7.58. The first-order valence-corrected chi connectivity index (χ1v) is 18.8. The number of nitrogens with one attached hydrogen (secondary N) is 2. The molecule has 1 aliphatic carbocycles. The SMILES string of the molecule is Cn1cnnc1-c1cc(F)ccc1-c1cccc(-c2nc3cc(CN[C@@H]4CCCC4O[Si](C)(C)C(C)(C)C)cc(C(F)(F)F)c3[nH]2)c1. The average molecular weight is 665 g/mol. The standard InChI is InChI=1S/C35H40F4N6OSi/c1-34(2,3)47(5,6)46-30-12-8-11-28(30)40-19-21-15-27(35(37,38)39)31-29(16-21)42-32(43-31)23-10-7-9-22(17-23)25-14-13-24(36)18-26(25)33-44-41-20-45(33)4/h7,9-10,13-18,20,28,30,40H,8,11-12,19H2,1-6H3,(H,42,43)/t28-,30?/m1/s1. The summed E-state index contributed by atoms with van der Waals surface area (Å²) in [7, 11) is -0.225. The molecule has 47 heavy (non-hydrogen) atoms. The number of aryl methyl sites for hydroxylation is 1. The lowest BCUT2D eigenvalue weighted by atomic mass is 9.97. The van der Waals surface area contributed by atoms with Crippen LogP contribution in [0.15, 0.2) is 60.9 Å². The van der Waals surface area contributed by atoms with Crippen molar-refractivity contribution in [3.63, 3.8) is 0 Å². The van der Waals surface area contributed by atoms with Crippen molar-refractivity contribution in [2.45, 2.75) is 83.0 Å². The van der Waals surface area contributed by atoms with Gasteiger partial charge in [0.15, 0.2) is 14.1 Å².